The summed E-state index contributed by atoms with van der Waals surface area (Å²) >= 11 is 0. The summed E-state index contributed by atoms with van der Waals surface area (Å²) in [5.74, 6) is 1.81. The number of hydrogen-bond donors (Lipinski definition) is 1. The van der Waals surface area contributed by atoms with Gasteiger partial charge in [0.1, 0.15) is 17.9 Å². The lowest BCUT2D eigenvalue weighted by Gasteiger charge is -2.30. The maximum atomic E-state index is 14.9. The van der Waals surface area contributed by atoms with Crippen molar-refractivity contribution < 1.29 is 14.2 Å². The van der Waals surface area contributed by atoms with Gasteiger partial charge in [-0.05, 0) is 48.9 Å². The molecule has 1 aromatic carbocycles. The molecule has 0 radical (unpaired) electrons. The standard InChI is InChI=1S/C25H30FN5O2/c1-15-5-6-16(2)10-17(9-15)31(3)24-8-7-21(29-30-24)19-11-20(26)18(12-23(19)32)22-13-25(33-4)28-14-27-22/h7-8,11-17,32H,5-6,9-10H2,1-4H3/t15-,16+,17+. The fraction of sp³-hybridized carbons (Fsp3) is 0.440. The number of nitrogens with zero attached hydrogens (tertiary/aromatic N) is 5. The first-order valence-corrected chi connectivity index (χ1v) is 11.3. The van der Waals surface area contributed by atoms with Crippen molar-refractivity contribution in [1.29, 1.82) is 0 Å². The maximum Gasteiger partial charge on any atom is 0.216 e. The van der Waals surface area contributed by atoms with Gasteiger partial charge in [0.05, 0.1) is 18.5 Å². The van der Waals surface area contributed by atoms with Crippen LogP contribution in [0.3, 0.4) is 0 Å². The van der Waals surface area contributed by atoms with E-state index in [0.29, 0.717) is 35.1 Å². The molecule has 1 fully saturated rings. The molecule has 4 rings (SSSR count). The number of hydrogen-bond acceptors (Lipinski definition) is 7. The van der Waals surface area contributed by atoms with E-state index in [9.17, 15) is 9.50 Å². The van der Waals surface area contributed by atoms with Crippen LogP contribution in [0.1, 0.15) is 39.5 Å². The van der Waals surface area contributed by atoms with Crippen molar-refractivity contribution in [2.45, 2.75) is 45.6 Å². The van der Waals surface area contributed by atoms with Gasteiger partial charge in [-0.2, -0.15) is 0 Å². The molecule has 3 atom stereocenters. The summed E-state index contributed by atoms with van der Waals surface area (Å²) in [5.41, 5.74) is 1.14. The highest BCUT2D eigenvalue weighted by atomic mass is 19.1. The molecular formula is C25H30FN5O2. The van der Waals surface area contributed by atoms with Crippen LogP contribution in [0, 0.1) is 17.7 Å². The van der Waals surface area contributed by atoms with Gasteiger partial charge in [-0.25, -0.2) is 14.4 Å². The minimum atomic E-state index is -0.534. The van der Waals surface area contributed by atoms with E-state index in [1.54, 1.807) is 6.07 Å². The highest BCUT2D eigenvalue weighted by Gasteiger charge is 2.25. The van der Waals surface area contributed by atoms with E-state index in [2.05, 4.69) is 46.0 Å². The summed E-state index contributed by atoms with van der Waals surface area (Å²) in [5, 5.41) is 19.3. The molecule has 33 heavy (non-hydrogen) atoms. The number of phenols is 1. The molecule has 1 N–H and O–H groups in total. The summed E-state index contributed by atoms with van der Waals surface area (Å²) in [6.45, 7) is 4.62. The number of methoxy groups -OCH3 is 1. The molecule has 0 spiro atoms. The van der Waals surface area contributed by atoms with Crippen LogP contribution in [0.2, 0.25) is 0 Å². The Kier molecular flexibility index (Phi) is 6.72. The minimum absolute atomic E-state index is 0.106. The lowest BCUT2D eigenvalue weighted by atomic mass is 9.98. The third-order valence-electron chi connectivity index (χ3n) is 6.55. The zero-order valence-electron chi connectivity index (χ0n) is 19.5. The molecule has 8 heteroatoms. The fourth-order valence-corrected chi connectivity index (χ4v) is 4.55. The van der Waals surface area contributed by atoms with Crippen LogP contribution in [-0.4, -0.2) is 45.5 Å². The van der Waals surface area contributed by atoms with Crippen molar-refractivity contribution in [2.24, 2.45) is 11.8 Å². The Morgan fingerprint density at radius 2 is 1.70 bits per heavy atom. The Morgan fingerprint density at radius 1 is 0.970 bits per heavy atom. The van der Waals surface area contributed by atoms with Crippen molar-refractivity contribution in [3.05, 3.63) is 42.5 Å². The van der Waals surface area contributed by atoms with Crippen LogP contribution < -0.4 is 9.64 Å². The van der Waals surface area contributed by atoms with Gasteiger partial charge in [0.25, 0.3) is 0 Å². The normalized spacial score (nSPS) is 20.8. The summed E-state index contributed by atoms with van der Waals surface area (Å²) < 4.78 is 20.0. The highest BCUT2D eigenvalue weighted by molar-refractivity contribution is 5.73. The number of aromatic nitrogens is 4. The van der Waals surface area contributed by atoms with Gasteiger partial charge >= 0.3 is 0 Å². The Bertz CT molecular complexity index is 1100. The average Bonchev–Trinajstić information content (AvgIpc) is 3.00. The van der Waals surface area contributed by atoms with Crippen molar-refractivity contribution in [3.63, 3.8) is 0 Å². The third-order valence-corrected chi connectivity index (χ3v) is 6.55. The van der Waals surface area contributed by atoms with Crippen LogP contribution in [0.15, 0.2) is 36.7 Å². The number of phenolic OH excluding ortho intramolecular Hbond substituents is 1. The van der Waals surface area contributed by atoms with Crippen molar-refractivity contribution in [3.8, 4) is 34.1 Å². The molecule has 0 bridgehead atoms. The van der Waals surface area contributed by atoms with Crippen LogP contribution in [0.4, 0.5) is 10.2 Å². The molecule has 2 heterocycles. The molecule has 0 amide bonds. The van der Waals surface area contributed by atoms with Gasteiger partial charge in [-0.1, -0.05) is 26.7 Å². The van der Waals surface area contributed by atoms with Gasteiger partial charge in [0.2, 0.25) is 5.88 Å². The fourth-order valence-electron chi connectivity index (χ4n) is 4.55. The van der Waals surface area contributed by atoms with Crippen LogP contribution >= 0.6 is 0 Å². The lowest BCUT2D eigenvalue weighted by Crippen LogP contribution is -2.34. The molecule has 0 aliphatic heterocycles. The van der Waals surface area contributed by atoms with Gasteiger partial charge in [-0.15, -0.1) is 10.2 Å². The quantitative estimate of drug-likeness (QED) is 0.540. The number of ether oxygens (including phenoxy) is 1. The van der Waals surface area contributed by atoms with Crippen LogP contribution in [0.25, 0.3) is 22.5 Å². The average molecular weight is 452 g/mol. The summed E-state index contributed by atoms with van der Waals surface area (Å²) in [7, 11) is 3.53. The number of benzene rings is 1. The van der Waals surface area contributed by atoms with E-state index < -0.39 is 5.82 Å². The molecule has 1 saturated carbocycles. The molecule has 0 saturated heterocycles. The Hall–Kier alpha value is -3.29. The predicted octanol–water partition coefficient (Wildman–Crippen LogP) is 5.10. The molecule has 2 aromatic heterocycles. The molecule has 1 aliphatic carbocycles. The monoisotopic (exact) mass is 451 g/mol. The SMILES string of the molecule is COc1cc(-c2cc(O)c(-c3ccc(N(C)[C@H]4C[C@H](C)CC[C@H](C)C4)nn3)cc2F)ncn1. The number of anilines is 1. The topological polar surface area (TPSA) is 84.3 Å². The van der Waals surface area contributed by atoms with Crippen molar-refractivity contribution >= 4 is 5.82 Å². The van der Waals surface area contributed by atoms with Gasteiger partial charge in [0, 0.05) is 30.3 Å². The molecular weight excluding hydrogens is 421 g/mol. The van der Waals surface area contributed by atoms with Crippen LogP contribution in [0.5, 0.6) is 11.6 Å². The summed E-state index contributed by atoms with van der Waals surface area (Å²) in [6, 6.07) is 8.15. The van der Waals surface area contributed by atoms with Gasteiger partial charge in [0.15, 0.2) is 5.82 Å². The first-order valence-electron chi connectivity index (χ1n) is 11.3. The third kappa shape index (κ3) is 5.05. The Labute approximate surface area is 193 Å². The number of aromatic hydroxyl groups is 1. The van der Waals surface area contributed by atoms with Gasteiger partial charge in [-0.3, -0.25) is 0 Å². The minimum Gasteiger partial charge on any atom is -0.507 e. The first kappa shape index (κ1) is 22.9. The summed E-state index contributed by atoms with van der Waals surface area (Å²) in [6.07, 6.45) is 6.07. The van der Waals surface area contributed by atoms with Crippen molar-refractivity contribution in [2.75, 3.05) is 19.1 Å². The first-order chi connectivity index (χ1) is 15.9. The molecule has 1 aliphatic rings. The number of rotatable bonds is 5. The van der Waals surface area contributed by atoms with E-state index in [0.717, 1.165) is 18.7 Å². The molecule has 7 nitrogen and oxygen atoms in total. The zero-order chi connectivity index (χ0) is 23.5. The zero-order valence-corrected chi connectivity index (χ0v) is 19.5. The second-order valence-electron chi connectivity index (χ2n) is 9.10. The van der Waals surface area contributed by atoms with E-state index in [4.69, 9.17) is 4.74 Å². The second kappa shape index (κ2) is 9.68. The van der Waals surface area contributed by atoms with E-state index in [1.807, 2.05) is 6.07 Å². The predicted molar refractivity (Wildman–Crippen MR) is 126 cm³/mol. The lowest BCUT2D eigenvalue weighted by molar-refractivity contribution is 0.397. The van der Waals surface area contributed by atoms with E-state index in [-0.39, 0.29) is 16.9 Å². The smallest absolute Gasteiger partial charge is 0.216 e. The molecule has 0 unspecified atom stereocenters. The van der Waals surface area contributed by atoms with E-state index >= 15 is 0 Å². The Balaban J connectivity index is 1.58. The largest absolute Gasteiger partial charge is 0.507 e. The summed E-state index contributed by atoms with van der Waals surface area (Å²) in [4.78, 5) is 10.2. The van der Waals surface area contributed by atoms with Crippen molar-refractivity contribution in [1.82, 2.24) is 20.2 Å². The number of halogens is 1. The molecule has 3 aromatic rings. The van der Waals surface area contributed by atoms with E-state index in [1.165, 1.54) is 44.5 Å². The Morgan fingerprint density at radius 3 is 2.33 bits per heavy atom. The maximum absolute atomic E-state index is 14.9. The highest BCUT2D eigenvalue weighted by Crippen LogP contribution is 2.35. The molecule has 174 valence electrons. The van der Waals surface area contributed by atoms with Gasteiger partial charge < -0.3 is 14.7 Å². The second-order valence-corrected chi connectivity index (χ2v) is 9.10. The van der Waals surface area contributed by atoms with Crippen LogP contribution in [-0.2, 0) is 0 Å².